The standard InChI is InChI=1S/C24H19ClN2O5/c1-30-21-9-7-15(12-22(21)31-2)6-8-19(28)16-4-3-5-17(13-16)27-14-18(26-24(27)29)20-10-11-23(25)32-20/h3-14H,1-2H3,(H,26,29)/b8-6+. The number of imidazole rings is 1. The number of rotatable bonds is 7. The van der Waals surface area contributed by atoms with E-state index >= 15 is 0 Å². The Labute approximate surface area is 188 Å². The van der Waals surface area contributed by atoms with Crippen molar-refractivity contribution in [2.24, 2.45) is 0 Å². The molecule has 0 saturated heterocycles. The summed E-state index contributed by atoms with van der Waals surface area (Å²) in [6.45, 7) is 0. The van der Waals surface area contributed by atoms with Crippen molar-refractivity contribution >= 4 is 23.5 Å². The van der Waals surface area contributed by atoms with E-state index in [0.29, 0.717) is 34.2 Å². The number of aromatic nitrogens is 2. The van der Waals surface area contributed by atoms with Crippen molar-refractivity contribution in [2.75, 3.05) is 14.2 Å². The lowest BCUT2D eigenvalue weighted by Gasteiger charge is -2.07. The smallest absolute Gasteiger partial charge is 0.330 e. The van der Waals surface area contributed by atoms with Crippen molar-refractivity contribution in [3.63, 3.8) is 0 Å². The molecule has 0 aliphatic heterocycles. The molecule has 0 radical (unpaired) electrons. The zero-order valence-corrected chi connectivity index (χ0v) is 18.1. The maximum Gasteiger partial charge on any atom is 0.330 e. The molecule has 7 nitrogen and oxygen atoms in total. The second-order valence-corrected chi connectivity index (χ2v) is 7.18. The van der Waals surface area contributed by atoms with Crippen LogP contribution < -0.4 is 15.2 Å². The van der Waals surface area contributed by atoms with Crippen LogP contribution in [0.2, 0.25) is 5.22 Å². The van der Waals surface area contributed by atoms with Crippen LogP contribution >= 0.6 is 11.6 Å². The average molecular weight is 451 g/mol. The molecule has 0 atom stereocenters. The lowest BCUT2D eigenvalue weighted by molar-refractivity contribution is 0.104. The van der Waals surface area contributed by atoms with Crippen molar-refractivity contribution in [3.05, 3.63) is 93.7 Å². The van der Waals surface area contributed by atoms with Crippen molar-refractivity contribution in [3.8, 4) is 28.6 Å². The van der Waals surface area contributed by atoms with Gasteiger partial charge in [-0.1, -0.05) is 24.3 Å². The maximum absolute atomic E-state index is 12.7. The highest BCUT2D eigenvalue weighted by molar-refractivity contribution is 6.29. The first-order valence-electron chi connectivity index (χ1n) is 9.61. The fraction of sp³-hybridized carbons (Fsp3) is 0.0833. The summed E-state index contributed by atoms with van der Waals surface area (Å²) in [6.07, 6.45) is 4.76. The Kier molecular flexibility index (Phi) is 6.00. The zero-order valence-electron chi connectivity index (χ0n) is 17.3. The minimum Gasteiger partial charge on any atom is -0.493 e. The number of carbonyl (C=O) groups excluding carboxylic acids is 1. The maximum atomic E-state index is 12.7. The number of halogens is 1. The van der Waals surface area contributed by atoms with Crippen molar-refractivity contribution in [1.82, 2.24) is 9.55 Å². The number of ketones is 1. The summed E-state index contributed by atoms with van der Waals surface area (Å²) >= 11 is 5.81. The molecule has 0 spiro atoms. The van der Waals surface area contributed by atoms with Crippen LogP contribution in [-0.2, 0) is 0 Å². The number of nitrogens with one attached hydrogen (secondary N) is 1. The largest absolute Gasteiger partial charge is 0.493 e. The molecule has 0 amide bonds. The third kappa shape index (κ3) is 4.38. The van der Waals surface area contributed by atoms with Crippen molar-refractivity contribution in [1.29, 1.82) is 0 Å². The van der Waals surface area contributed by atoms with Crippen LogP contribution in [0.25, 0.3) is 23.2 Å². The van der Waals surface area contributed by atoms with Gasteiger partial charge in [-0.25, -0.2) is 4.79 Å². The molecule has 0 aliphatic carbocycles. The highest BCUT2D eigenvalue weighted by Crippen LogP contribution is 2.28. The molecule has 2 aromatic carbocycles. The van der Waals surface area contributed by atoms with E-state index in [1.54, 1.807) is 75.0 Å². The number of methoxy groups -OCH3 is 2. The van der Waals surface area contributed by atoms with Gasteiger partial charge in [-0.3, -0.25) is 9.36 Å². The molecule has 0 fully saturated rings. The highest BCUT2D eigenvalue weighted by Gasteiger charge is 2.12. The first-order chi connectivity index (χ1) is 15.5. The molecule has 2 aromatic heterocycles. The second-order valence-electron chi connectivity index (χ2n) is 6.81. The van der Waals surface area contributed by atoms with Crippen LogP contribution in [0.4, 0.5) is 0 Å². The number of hydrogen-bond donors (Lipinski definition) is 1. The molecule has 8 heteroatoms. The van der Waals surface area contributed by atoms with Gasteiger partial charge < -0.3 is 18.9 Å². The molecule has 0 saturated carbocycles. The predicted molar refractivity (Wildman–Crippen MR) is 122 cm³/mol. The van der Waals surface area contributed by atoms with E-state index in [-0.39, 0.29) is 16.7 Å². The van der Waals surface area contributed by atoms with Gasteiger partial charge in [0.05, 0.1) is 19.9 Å². The third-order valence-corrected chi connectivity index (χ3v) is 5.00. The normalized spacial score (nSPS) is 11.1. The van der Waals surface area contributed by atoms with Crippen LogP contribution in [0.15, 0.2) is 76.1 Å². The quantitative estimate of drug-likeness (QED) is 0.316. The van der Waals surface area contributed by atoms with E-state index < -0.39 is 0 Å². The summed E-state index contributed by atoms with van der Waals surface area (Å²) in [6, 6.07) is 15.4. The van der Waals surface area contributed by atoms with Gasteiger partial charge in [0, 0.05) is 11.8 Å². The topological polar surface area (TPSA) is 86.5 Å². The predicted octanol–water partition coefficient (Wildman–Crippen LogP) is 4.99. The number of aromatic amines is 1. The lowest BCUT2D eigenvalue weighted by Crippen LogP contribution is -2.14. The fourth-order valence-electron chi connectivity index (χ4n) is 3.21. The summed E-state index contributed by atoms with van der Waals surface area (Å²) in [5.41, 5.74) is 1.89. The van der Waals surface area contributed by atoms with Crippen LogP contribution in [0.5, 0.6) is 11.5 Å². The van der Waals surface area contributed by atoms with Crippen molar-refractivity contribution in [2.45, 2.75) is 0 Å². The minimum absolute atomic E-state index is 0.205. The summed E-state index contributed by atoms with van der Waals surface area (Å²) in [7, 11) is 3.11. The van der Waals surface area contributed by atoms with E-state index in [0.717, 1.165) is 5.56 Å². The first kappa shape index (κ1) is 21.3. The Morgan fingerprint density at radius 2 is 1.88 bits per heavy atom. The third-order valence-electron chi connectivity index (χ3n) is 4.80. The van der Waals surface area contributed by atoms with Crippen LogP contribution in [0.1, 0.15) is 15.9 Å². The van der Waals surface area contributed by atoms with Crippen LogP contribution in [-0.4, -0.2) is 29.6 Å². The Morgan fingerprint density at radius 1 is 1.06 bits per heavy atom. The Balaban J connectivity index is 1.58. The van der Waals surface area contributed by atoms with Crippen LogP contribution in [0, 0.1) is 0 Å². The number of furan rings is 1. The number of H-pyrrole nitrogens is 1. The number of allylic oxidation sites excluding steroid dienone is 1. The molecule has 162 valence electrons. The monoisotopic (exact) mass is 450 g/mol. The summed E-state index contributed by atoms with van der Waals surface area (Å²) < 4.78 is 17.3. The molecule has 0 aliphatic rings. The van der Waals surface area contributed by atoms with Crippen molar-refractivity contribution < 1.29 is 18.7 Å². The van der Waals surface area contributed by atoms with E-state index in [9.17, 15) is 9.59 Å². The molecular formula is C24H19ClN2O5. The Hall–Kier alpha value is -3.97. The lowest BCUT2D eigenvalue weighted by atomic mass is 10.1. The molecule has 0 bridgehead atoms. The van der Waals surface area contributed by atoms with Gasteiger partial charge in [-0.05, 0) is 59.6 Å². The van der Waals surface area contributed by atoms with Gasteiger partial charge in [0.15, 0.2) is 28.3 Å². The SMILES string of the molecule is COc1ccc(/C=C/C(=O)c2cccc(-n3cc(-c4ccc(Cl)o4)[nH]c3=O)c2)cc1OC. The fourth-order valence-corrected chi connectivity index (χ4v) is 3.35. The highest BCUT2D eigenvalue weighted by atomic mass is 35.5. The zero-order chi connectivity index (χ0) is 22.7. The number of hydrogen-bond acceptors (Lipinski definition) is 5. The van der Waals surface area contributed by atoms with Gasteiger partial charge in [0.25, 0.3) is 0 Å². The first-order valence-corrected chi connectivity index (χ1v) is 9.98. The summed E-state index contributed by atoms with van der Waals surface area (Å²) in [5.74, 6) is 1.42. The number of carbonyl (C=O) groups is 1. The molecule has 4 aromatic rings. The van der Waals surface area contributed by atoms with E-state index in [2.05, 4.69) is 4.98 Å². The second kappa shape index (κ2) is 9.03. The van der Waals surface area contributed by atoms with Gasteiger partial charge >= 0.3 is 5.69 Å². The van der Waals surface area contributed by atoms with Gasteiger partial charge in [-0.2, -0.15) is 0 Å². The summed E-state index contributed by atoms with van der Waals surface area (Å²) in [4.78, 5) is 27.9. The number of nitrogens with zero attached hydrogens (tertiary/aromatic N) is 1. The molecule has 4 rings (SSSR count). The molecule has 1 N–H and O–H groups in total. The Bertz CT molecular complexity index is 1360. The summed E-state index contributed by atoms with van der Waals surface area (Å²) in [5, 5.41) is 0.225. The van der Waals surface area contributed by atoms with Gasteiger partial charge in [0.1, 0.15) is 5.69 Å². The molecule has 0 unspecified atom stereocenters. The van der Waals surface area contributed by atoms with E-state index in [1.165, 1.54) is 10.6 Å². The molecule has 32 heavy (non-hydrogen) atoms. The van der Waals surface area contributed by atoms with Gasteiger partial charge in [-0.15, -0.1) is 0 Å². The molecule has 2 heterocycles. The van der Waals surface area contributed by atoms with E-state index in [4.69, 9.17) is 25.5 Å². The average Bonchev–Trinajstić information content (AvgIpc) is 3.42. The number of benzene rings is 2. The molecular weight excluding hydrogens is 432 g/mol. The minimum atomic E-state index is -0.363. The number of ether oxygens (including phenoxy) is 2. The van der Waals surface area contributed by atoms with Crippen LogP contribution in [0.3, 0.4) is 0 Å². The Morgan fingerprint density at radius 3 is 2.59 bits per heavy atom. The van der Waals surface area contributed by atoms with Gasteiger partial charge in [0.2, 0.25) is 0 Å². The van der Waals surface area contributed by atoms with E-state index in [1.807, 2.05) is 6.07 Å².